The molecule has 8 nitrogen and oxygen atoms in total. The minimum atomic E-state index is -3.35. The van der Waals surface area contributed by atoms with Crippen LogP contribution in [0.4, 0.5) is 5.69 Å². The fourth-order valence-corrected chi connectivity index (χ4v) is 3.39. The van der Waals surface area contributed by atoms with Crippen LogP contribution in [0.15, 0.2) is 42.5 Å². The van der Waals surface area contributed by atoms with Crippen molar-refractivity contribution in [3.05, 3.63) is 48.0 Å². The number of ether oxygens (including phenoxy) is 3. The van der Waals surface area contributed by atoms with Crippen LogP contribution in [0.3, 0.4) is 0 Å². The van der Waals surface area contributed by atoms with Gasteiger partial charge in [-0.05, 0) is 62.2 Å². The molecular formula is C23H32N2O6S. The summed E-state index contributed by atoms with van der Waals surface area (Å²) < 4.78 is 41.4. The maximum absolute atomic E-state index is 12.6. The van der Waals surface area contributed by atoms with Crippen LogP contribution in [-0.4, -0.2) is 46.9 Å². The van der Waals surface area contributed by atoms with Crippen molar-refractivity contribution in [1.82, 2.24) is 5.32 Å². The topological polar surface area (TPSA) is 94.2 Å². The summed E-state index contributed by atoms with van der Waals surface area (Å²) in [4.78, 5) is 12.6. The zero-order chi connectivity index (χ0) is 23.9. The highest BCUT2D eigenvalue weighted by molar-refractivity contribution is 7.92. The van der Waals surface area contributed by atoms with Gasteiger partial charge in [0.2, 0.25) is 10.0 Å². The molecule has 2 rings (SSSR count). The van der Waals surface area contributed by atoms with Gasteiger partial charge in [-0.1, -0.05) is 13.0 Å². The van der Waals surface area contributed by atoms with Gasteiger partial charge in [0.25, 0.3) is 5.91 Å². The number of nitrogens with zero attached hydrogens (tertiary/aromatic N) is 1. The molecule has 0 fully saturated rings. The second-order valence-electron chi connectivity index (χ2n) is 7.61. The molecule has 32 heavy (non-hydrogen) atoms. The number of carbonyl (C=O) groups excluding carboxylic acids is 1. The van der Waals surface area contributed by atoms with Crippen LogP contribution in [0, 0.1) is 0 Å². The maximum atomic E-state index is 12.6. The molecule has 0 aliphatic heterocycles. The van der Waals surface area contributed by atoms with Crippen molar-refractivity contribution in [2.24, 2.45) is 0 Å². The molecule has 0 spiro atoms. The number of sulfonamides is 1. The number of amides is 1. The van der Waals surface area contributed by atoms with Gasteiger partial charge in [-0.3, -0.25) is 9.10 Å². The normalized spacial score (nSPS) is 12.2. The first-order valence-corrected chi connectivity index (χ1v) is 12.2. The Morgan fingerprint density at radius 1 is 1.06 bits per heavy atom. The third kappa shape index (κ3) is 7.05. The van der Waals surface area contributed by atoms with Crippen LogP contribution < -0.4 is 23.8 Å². The third-order valence-electron chi connectivity index (χ3n) is 4.70. The van der Waals surface area contributed by atoms with E-state index in [1.54, 1.807) is 31.4 Å². The van der Waals surface area contributed by atoms with Gasteiger partial charge in [-0.2, -0.15) is 0 Å². The predicted molar refractivity (Wildman–Crippen MR) is 125 cm³/mol. The summed E-state index contributed by atoms with van der Waals surface area (Å²) in [6, 6.07) is 12.1. The zero-order valence-electron chi connectivity index (χ0n) is 19.4. The van der Waals surface area contributed by atoms with Crippen molar-refractivity contribution in [2.45, 2.75) is 45.9 Å². The standard InChI is InChI=1S/C23H32N2O6S/c1-7-20(31-19-11-9-18(10-12-19)25(4)32(6,27)28)23(26)24-15-17-8-13-21(30-16(2)3)22(14-17)29-5/h8-14,16,20H,7,15H2,1-6H3,(H,24,26)/t20-/m0/s1. The molecule has 0 unspecified atom stereocenters. The van der Waals surface area contributed by atoms with E-state index < -0.39 is 16.1 Å². The lowest BCUT2D eigenvalue weighted by Crippen LogP contribution is -2.37. The highest BCUT2D eigenvalue weighted by Crippen LogP contribution is 2.29. The van der Waals surface area contributed by atoms with Gasteiger partial charge in [0.15, 0.2) is 17.6 Å². The number of methoxy groups -OCH3 is 1. The van der Waals surface area contributed by atoms with Crippen molar-refractivity contribution in [3.63, 3.8) is 0 Å². The summed E-state index contributed by atoms with van der Waals surface area (Å²) in [7, 11) is -0.296. The highest BCUT2D eigenvalue weighted by atomic mass is 32.2. The number of benzene rings is 2. The van der Waals surface area contributed by atoms with Gasteiger partial charge in [-0.25, -0.2) is 8.42 Å². The first kappa shape index (κ1) is 25.3. The van der Waals surface area contributed by atoms with E-state index in [0.717, 1.165) is 11.8 Å². The van der Waals surface area contributed by atoms with E-state index in [1.807, 2.05) is 39.0 Å². The second-order valence-corrected chi connectivity index (χ2v) is 9.62. The molecule has 1 N–H and O–H groups in total. The molecule has 9 heteroatoms. The fourth-order valence-electron chi connectivity index (χ4n) is 2.89. The summed E-state index contributed by atoms with van der Waals surface area (Å²) in [6.45, 7) is 6.05. The molecule has 1 atom stereocenters. The molecular weight excluding hydrogens is 432 g/mol. The molecule has 2 aromatic rings. The van der Waals surface area contributed by atoms with Crippen LogP contribution in [0.2, 0.25) is 0 Å². The van der Waals surface area contributed by atoms with Gasteiger partial charge in [0.05, 0.1) is 25.2 Å². The minimum absolute atomic E-state index is 0.0257. The van der Waals surface area contributed by atoms with Crippen molar-refractivity contribution >= 4 is 21.6 Å². The van der Waals surface area contributed by atoms with Crippen molar-refractivity contribution in [1.29, 1.82) is 0 Å². The van der Waals surface area contributed by atoms with E-state index in [0.29, 0.717) is 35.9 Å². The molecule has 0 radical (unpaired) electrons. The Balaban J connectivity index is 2.00. The Labute approximate surface area is 190 Å². The lowest BCUT2D eigenvalue weighted by molar-refractivity contribution is -0.128. The molecule has 2 aromatic carbocycles. The van der Waals surface area contributed by atoms with Crippen LogP contribution >= 0.6 is 0 Å². The lowest BCUT2D eigenvalue weighted by atomic mass is 10.2. The van der Waals surface area contributed by atoms with E-state index in [-0.39, 0.29) is 12.0 Å². The molecule has 0 saturated carbocycles. The molecule has 0 saturated heterocycles. The van der Waals surface area contributed by atoms with Crippen LogP contribution in [0.5, 0.6) is 17.2 Å². The van der Waals surface area contributed by atoms with E-state index in [9.17, 15) is 13.2 Å². The van der Waals surface area contributed by atoms with Crippen LogP contribution in [0.1, 0.15) is 32.8 Å². The average molecular weight is 465 g/mol. The van der Waals surface area contributed by atoms with Gasteiger partial charge in [-0.15, -0.1) is 0 Å². The maximum Gasteiger partial charge on any atom is 0.261 e. The molecule has 1 amide bonds. The summed E-state index contributed by atoms with van der Waals surface area (Å²) >= 11 is 0. The van der Waals surface area contributed by atoms with Gasteiger partial charge < -0.3 is 19.5 Å². The van der Waals surface area contributed by atoms with Crippen LogP contribution in [0.25, 0.3) is 0 Å². The fraction of sp³-hybridized carbons (Fsp3) is 0.435. The quantitative estimate of drug-likeness (QED) is 0.548. The van der Waals surface area contributed by atoms with Gasteiger partial charge >= 0.3 is 0 Å². The van der Waals surface area contributed by atoms with Crippen molar-refractivity contribution in [3.8, 4) is 17.2 Å². The lowest BCUT2D eigenvalue weighted by Gasteiger charge is -2.20. The largest absolute Gasteiger partial charge is 0.493 e. The monoisotopic (exact) mass is 464 g/mol. The number of rotatable bonds is 11. The molecule has 176 valence electrons. The first-order valence-electron chi connectivity index (χ1n) is 10.4. The Morgan fingerprint density at radius 2 is 1.72 bits per heavy atom. The Bertz CT molecular complexity index is 1010. The predicted octanol–water partition coefficient (Wildman–Crippen LogP) is 3.35. The molecule has 0 bridgehead atoms. The Morgan fingerprint density at radius 3 is 2.25 bits per heavy atom. The van der Waals surface area contributed by atoms with Crippen molar-refractivity contribution < 1.29 is 27.4 Å². The minimum Gasteiger partial charge on any atom is -0.493 e. The summed E-state index contributed by atoms with van der Waals surface area (Å²) in [5.74, 6) is 1.49. The van der Waals surface area contributed by atoms with Gasteiger partial charge in [0.1, 0.15) is 5.75 Å². The summed E-state index contributed by atoms with van der Waals surface area (Å²) in [5, 5.41) is 2.88. The average Bonchev–Trinajstić information content (AvgIpc) is 2.75. The molecule has 0 aliphatic carbocycles. The van der Waals surface area contributed by atoms with Crippen molar-refractivity contribution in [2.75, 3.05) is 24.7 Å². The SMILES string of the molecule is CC[C@H](Oc1ccc(N(C)S(C)(=O)=O)cc1)C(=O)NCc1ccc(OC(C)C)c(OC)c1. The number of hydrogen-bond donors (Lipinski definition) is 1. The summed E-state index contributed by atoms with van der Waals surface area (Å²) in [6.07, 6.45) is 0.952. The molecule has 0 heterocycles. The highest BCUT2D eigenvalue weighted by Gasteiger charge is 2.19. The number of nitrogens with one attached hydrogen (secondary N) is 1. The van der Waals surface area contributed by atoms with E-state index in [2.05, 4.69) is 5.32 Å². The molecule has 0 aromatic heterocycles. The number of carbonyl (C=O) groups is 1. The van der Waals surface area contributed by atoms with Gasteiger partial charge in [0, 0.05) is 13.6 Å². The van der Waals surface area contributed by atoms with E-state index in [4.69, 9.17) is 14.2 Å². The smallest absolute Gasteiger partial charge is 0.261 e. The third-order valence-corrected chi connectivity index (χ3v) is 5.90. The number of hydrogen-bond acceptors (Lipinski definition) is 6. The Kier molecular flexibility index (Phi) is 8.77. The molecule has 0 aliphatic rings. The van der Waals surface area contributed by atoms with E-state index >= 15 is 0 Å². The zero-order valence-corrected chi connectivity index (χ0v) is 20.2. The second kappa shape index (κ2) is 11.1. The first-order chi connectivity index (χ1) is 15.0. The van der Waals surface area contributed by atoms with E-state index in [1.165, 1.54) is 11.4 Å². The Hall–Kier alpha value is -2.94. The van der Waals surface area contributed by atoms with Crippen LogP contribution in [-0.2, 0) is 21.4 Å². The number of anilines is 1. The summed E-state index contributed by atoms with van der Waals surface area (Å²) in [5.41, 5.74) is 1.38.